The maximum atomic E-state index is 11.6. The molecule has 4 nitrogen and oxygen atoms in total. The van der Waals surface area contributed by atoms with Gasteiger partial charge in [0, 0.05) is 33.9 Å². The van der Waals surface area contributed by atoms with E-state index in [-0.39, 0.29) is 12.4 Å². The van der Waals surface area contributed by atoms with Gasteiger partial charge >= 0.3 is 0 Å². The van der Waals surface area contributed by atoms with Crippen LogP contribution in [0.5, 0.6) is 0 Å². The second-order valence-electron chi connectivity index (χ2n) is 4.77. The lowest BCUT2D eigenvalue weighted by Gasteiger charge is -2.20. The summed E-state index contributed by atoms with van der Waals surface area (Å²) in [7, 11) is 0.755. The first-order chi connectivity index (χ1) is 10.9. The van der Waals surface area contributed by atoms with Gasteiger partial charge in [-0.05, 0) is 36.6 Å². The van der Waals surface area contributed by atoms with Gasteiger partial charge in [0.15, 0.2) is 0 Å². The Bertz CT molecular complexity index is 769. The summed E-state index contributed by atoms with van der Waals surface area (Å²) in [6.45, 7) is 0. The molecule has 0 radical (unpaired) electrons. The molecule has 0 aliphatic heterocycles. The molecular weight excluding hydrogens is 385 g/mol. The number of benzene rings is 2. The minimum absolute atomic E-state index is 0. The topological polar surface area (TPSA) is 58.7 Å². The lowest BCUT2D eigenvalue weighted by atomic mass is 10.3. The van der Waals surface area contributed by atoms with Gasteiger partial charge in [-0.15, -0.1) is 24.2 Å². The fraction of sp³-hybridized carbons (Fsp3) is 0.188. The molecular formula is C16H19Cl2N3OS2. The standard InChI is InChI=1S/C16H18ClN3OS2.ClH/c1-20(13-8-5-9-14(22-2)15(13)17)16(18)19-11-6-4-7-12(10-11)23(3)21;/h4-10H,1-3H3,(H2,18,19);1H/t23-;/m1./s1. The van der Waals surface area contributed by atoms with Crippen LogP contribution in [0.25, 0.3) is 0 Å². The van der Waals surface area contributed by atoms with Crippen molar-refractivity contribution in [2.75, 3.05) is 24.5 Å². The van der Waals surface area contributed by atoms with E-state index >= 15 is 0 Å². The van der Waals surface area contributed by atoms with Crippen LogP contribution in [-0.2, 0) is 10.8 Å². The van der Waals surface area contributed by atoms with Crippen molar-refractivity contribution in [3.63, 3.8) is 0 Å². The molecule has 0 unspecified atom stereocenters. The molecule has 0 aliphatic rings. The third kappa shape index (κ3) is 4.89. The number of hydrogen-bond donors (Lipinski definition) is 1. The summed E-state index contributed by atoms with van der Waals surface area (Å²) in [4.78, 5) is 7.82. The van der Waals surface area contributed by atoms with Crippen LogP contribution in [-0.4, -0.2) is 29.7 Å². The summed E-state index contributed by atoms with van der Waals surface area (Å²) < 4.78 is 11.6. The van der Waals surface area contributed by atoms with Gasteiger partial charge in [-0.1, -0.05) is 23.7 Å². The molecule has 0 aliphatic carbocycles. The van der Waals surface area contributed by atoms with Crippen molar-refractivity contribution in [2.45, 2.75) is 9.79 Å². The van der Waals surface area contributed by atoms with E-state index in [9.17, 15) is 4.21 Å². The first-order valence-corrected chi connectivity index (χ1v) is 9.94. The normalized spacial score (nSPS) is 12.4. The molecule has 1 atom stereocenters. The van der Waals surface area contributed by atoms with Crippen molar-refractivity contribution < 1.29 is 4.21 Å². The zero-order chi connectivity index (χ0) is 17.0. The first kappa shape index (κ1) is 20.8. The molecule has 130 valence electrons. The minimum atomic E-state index is -1.06. The zero-order valence-electron chi connectivity index (χ0n) is 13.5. The van der Waals surface area contributed by atoms with Gasteiger partial charge in [0.2, 0.25) is 5.96 Å². The van der Waals surface area contributed by atoms with Gasteiger partial charge in [0.25, 0.3) is 0 Å². The Morgan fingerprint density at radius 2 is 1.96 bits per heavy atom. The number of nitrogens with zero attached hydrogens (tertiary/aromatic N) is 2. The molecule has 0 bridgehead atoms. The van der Waals surface area contributed by atoms with Crippen molar-refractivity contribution in [1.82, 2.24) is 0 Å². The highest BCUT2D eigenvalue weighted by Crippen LogP contribution is 2.33. The van der Waals surface area contributed by atoms with E-state index in [1.54, 1.807) is 35.1 Å². The Morgan fingerprint density at radius 1 is 1.29 bits per heavy atom. The van der Waals surface area contributed by atoms with Crippen molar-refractivity contribution in [3.05, 3.63) is 47.5 Å². The van der Waals surface area contributed by atoms with E-state index in [2.05, 4.69) is 4.99 Å². The number of halogens is 2. The quantitative estimate of drug-likeness (QED) is 0.469. The fourth-order valence-corrected chi connectivity index (χ4v) is 3.52. The molecule has 2 N–H and O–H groups in total. The van der Waals surface area contributed by atoms with Crippen molar-refractivity contribution in [1.29, 1.82) is 0 Å². The predicted molar refractivity (Wildman–Crippen MR) is 109 cm³/mol. The Balaban J connectivity index is 0.00000288. The number of rotatable bonds is 4. The maximum Gasteiger partial charge on any atom is 0.200 e. The van der Waals surface area contributed by atoms with Crippen LogP contribution in [0.1, 0.15) is 0 Å². The minimum Gasteiger partial charge on any atom is -0.369 e. The third-order valence-electron chi connectivity index (χ3n) is 3.26. The molecule has 8 heteroatoms. The van der Waals surface area contributed by atoms with Crippen molar-refractivity contribution in [2.24, 2.45) is 10.7 Å². The Hall–Kier alpha value is -1.21. The molecule has 2 aromatic carbocycles. The summed E-state index contributed by atoms with van der Waals surface area (Å²) in [5.41, 5.74) is 7.54. The smallest absolute Gasteiger partial charge is 0.200 e. The second-order valence-corrected chi connectivity index (χ2v) is 7.38. The third-order valence-corrected chi connectivity index (χ3v) is 5.47. The number of thioether (sulfide) groups is 1. The molecule has 24 heavy (non-hydrogen) atoms. The van der Waals surface area contributed by atoms with Crippen LogP contribution in [0.3, 0.4) is 0 Å². The molecule has 2 aromatic rings. The van der Waals surface area contributed by atoms with E-state index < -0.39 is 10.8 Å². The molecule has 0 heterocycles. The van der Waals surface area contributed by atoms with Crippen LogP contribution in [0.4, 0.5) is 11.4 Å². The molecule has 0 saturated carbocycles. The monoisotopic (exact) mass is 403 g/mol. The highest BCUT2D eigenvalue weighted by molar-refractivity contribution is 7.98. The number of anilines is 1. The Labute approximate surface area is 160 Å². The molecule has 0 amide bonds. The summed E-state index contributed by atoms with van der Waals surface area (Å²) in [6, 6.07) is 13.0. The largest absolute Gasteiger partial charge is 0.369 e. The average molecular weight is 404 g/mol. The van der Waals surface area contributed by atoms with E-state index in [4.69, 9.17) is 17.3 Å². The van der Waals surface area contributed by atoms with E-state index in [0.717, 1.165) is 10.6 Å². The Morgan fingerprint density at radius 3 is 2.58 bits per heavy atom. The van der Waals surface area contributed by atoms with Crippen molar-refractivity contribution in [3.8, 4) is 0 Å². The van der Waals surface area contributed by atoms with Crippen LogP contribution in [0.2, 0.25) is 5.02 Å². The average Bonchev–Trinajstić information content (AvgIpc) is 2.54. The van der Waals surface area contributed by atoms with Gasteiger partial charge < -0.3 is 10.6 Å². The molecule has 0 saturated heterocycles. The molecule has 2 rings (SSSR count). The number of nitrogens with two attached hydrogens (primary N) is 1. The molecule has 0 aromatic heterocycles. The van der Waals surface area contributed by atoms with E-state index in [0.29, 0.717) is 21.6 Å². The summed E-state index contributed by atoms with van der Waals surface area (Å²) in [5, 5.41) is 0.643. The maximum absolute atomic E-state index is 11.6. The molecule has 0 spiro atoms. The predicted octanol–water partition coefficient (Wildman–Crippen LogP) is 4.30. The van der Waals surface area contributed by atoms with Gasteiger partial charge in [0.1, 0.15) is 0 Å². The van der Waals surface area contributed by atoms with E-state index in [1.807, 2.05) is 43.6 Å². The van der Waals surface area contributed by atoms with Crippen LogP contribution in [0.15, 0.2) is 57.2 Å². The summed E-state index contributed by atoms with van der Waals surface area (Å²) in [5.74, 6) is 0.309. The summed E-state index contributed by atoms with van der Waals surface area (Å²) in [6.07, 6.45) is 3.60. The van der Waals surface area contributed by atoms with Crippen molar-refractivity contribution >= 4 is 63.9 Å². The van der Waals surface area contributed by atoms with Crippen LogP contribution >= 0.6 is 35.8 Å². The highest BCUT2D eigenvalue weighted by Gasteiger charge is 2.12. The lowest BCUT2D eigenvalue weighted by molar-refractivity contribution is 0.687. The zero-order valence-corrected chi connectivity index (χ0v) is 16.7. The summed E-state index contributed by atoms with van der Waals surface area (Å²) >= 11 is 7.98. The van der Waals surface area contributed by atoms with Gasteiger partial charge in [0.05, 0.1) is 16.4 Å². The lowest BCUT2D eigenvalue weighted by Crippen LogP contribution is -2.33. The Kier molecular flexibility index (Phi) is 8.09. The first-order valence-electron chi connectivity index (χ1n) is 6.78. The number of aliphatic imine (C=N–C) groups is 1. The number of hydrogen-bond acceptors (Lipinski definition) is 3. The second kappa shape index (κ2) is 9.32. The molecule has 0 fully saturated rings. The van der Waals surface area contributed by atoms with Crippen LogP contribution < -0.4 is 10.6 Å². The van der Waals surface area contributed by atoms with Gasteiger partial charge in [-0.2, -0.15) is 0 Å². The SMILES string of the molecule is CSc1cccc(N(C)C(N)=Nc2cccc([S@@](C)=O)c2)c1Cl.Cl. The fourth-order valence-electron chi connectivity index (χ4n) is 1.98. The van der Waals surface area contributed by atoms with Crippen LogP contribution in [0, 0.1) is 0 Å². The highest BCUT2D eigenvalue weighted by atomic mass is 35.5. The van der Waals surface area contributed by atoms with Gasteiger partial charge in [-0.3, -0.25) is 4.21 Å². The van der Waals surface area contributed by atoms with E-state index in [1.165, 1.54) is 0 Å². The van der Waals surface area contributed by atoms with Gasteiger partial charge in [-0.25, -0.2) is 4.99 Å². The number of guanidine groups is 1.